The molecule has 9 nitrogen and oxygen atoms in total. The second kappa shape index (κ2) is 6.48. The molecule has 1 aliphatic rings. The number of primary amides is 1. The Bertz CT molecular complexity index is 914. The lowest BCUT2D eigenvalue weighted by Gasteiger charge is -2.24. The fourth-order valence-corrected chi connectivity index (χ4v) is 2.57. The van der Waals surface area contributed by atoms with Crippen LogP contribution in [0.1, 0.15) is 12.0 Å². The number of aromatic nitrogens is 1. The Morgan fingerprint density at radius 1 is 1.24 bits per heavy atom. The lowest BCUT2D eigenvalue weighted by molar-refractivity contribution is -0.133. The van der Waals surface area contributed by atoms with Crippen LogP contribution in [0.5, 0.6) is 0 Å². The zero-order valence-electron chi connectivity index (χ0n) is 13.0. The SMILES string of the molecule is NC(=O)NC(=O)C[C@@H]1NC(=O)/C(=C/c2c[nH]c3ccccc23)NC1=O. The van der Waals surface area contributed by atoms with Gasteiger partial charge in [-0.15, -0.1) is 0 Å². The topological polar surface area (TPSA) is 146 Å². The first kappa shape index (κ1) is 16.2. The monoisotopic (exact) mass is 341 g/mol. The van der Waals surface area contributed by atoms with Crippen LogP contribution in [0.15, 0.2) is 36.2 Å². The maximum absolute atomic E-state index is 12.2. The summed E-state index contributed by atoms with van der Waals surface area (Å²) in [6.07, 6.45) is 2.89. The number of rotatable bonds is 3. The molecule has 2 heterocycles. The van der Waals surface area contributed by atoms with E-state index in [0.717, 1.165) is 16.5 Å². The number of nitrogens with one attached hydrogen (secondary N) is 4. The molecule has 2 aromatic rings. The van der Waals surface area contributed by atoms with Crippen LogP contribution in [-0.4, -0.2) is 34.8 Å². The number of para-hydroxylation sites is 1. The summed E-state index contributed by atoms with van der Waals surface area (Å²) in [5, 5.41) is 7.66. The van der Waals surface area contributed by atoms with Crippen molar-refractivity contribution in [2.75, 3.05) is 0 Å². The number of piperazine rings is 1. The van der Waals surface area contributed by atoms with E-state index < -0.39 is 29.8 Å². The highest BCUT2D eigenvalue weighted by molar-refractivity contribution is 6.09. The lowest BCUT2D eigenvalue weighted by atomic mass is 10.1. The second-order valence-corrected chi connectivity index (χ2v) is 5.48. The molecule has 9 heteroatoms. The molecule has 0 unspecified atom stereocenters. The van der Waals surface area contributed by atoms with E-state index in [1.165, 1.54) is 0 Å². The summed E-state index contributed by atoms with van der Waals surface area (Å²) < 4.78 is 0. The molecule has 1 aromatic heterocycles. The largest absolute Gasteiger partial charge is 0.361 e. The highest BCUT2D eigenvalue weighted by atomic mass is 16.2. The molecule has 1 fully saturated rings. The number of fused-ring (bicyclic) bond motifs is 1. The number of carbonyl (C=O) groups excluding carboxylic acids is 4. The Balaban J connectivity index is 1.76. The van der Waals surface area contributed by atoms with Crippen molar-refractivity contribution in [1.82, 2.24) is 20.9 Å². The molecule has 0 aliphatic carbocycles. The zero-order valence-corrected chi connectivity index (χ0v) is 13.0. The number of benzene rings is 1. The summed E-state index contributed by atoms with van der Waals surface area (Å²) in [5.41, 5.74) is 6.55. The van der Waals surface area contributed by atoms with Crippen molar-refractivity contribution in [3.63, 3.8) is 0 Å². The highest BCUT2D eigenvalue weighted by Crippen LogP contribution is 2.20. The van der Waals surface area contributed by atoms with Crippen LogP contribution >= 0.6 is 0 Å². The summed E-state index contributed by atoms with van der Waals surface area (Å²) in [4.78, 5) is 49.5. The fraction of sp³-hybridized carbons (Fsp3) is 0.125. The summed E-state index contributed by atoms with van der Waals surface area (Å²) in [6, 6.07) is 5.43. The Morgan fingerprint density at radius 2 is 2.00 bits per heavy atom. The normalized spacial score (nSPS) is 18.7. The summed E-state index contributed by atoms with van der Waals surface area (Å²) in [7, 11) is 0. The molecule has 0 spiro atoms. The fourth-order valence-electron chi connectivity index (χ4n) is 2.57. The van der Waals surface area contributed by atoms with Crippen LogP contribution in [0, 0.1) is 0 Å². The standard InChI is InChI=1S/C16H15N5O4/c17-16(25)21-13(22)6-12-15(24)19-11(14(23)20-12)5-8-7-18-10-4-2-1-3-9(8)10/h1-5,7,12,18H,6H2,(H,19,24)(H,20,23)(H3,17,21,22,25)/b11-5-/t12-/m0/s1. The van der Waals surface area contributed by atoms with Gasteiger partial charge >= 0.3 is 6.03 Å². The van der Waals surface area contributed by atoms with Gasteiger partial charge in [0.2, 0.25) is 11.8 Å². The zero-order chi connectivity index (χ0) is 18.0. The number of hydrogen-bond donors (Lipinski definition) is 5. The van der Waals surface area contributed by atoms with Gasteiger partial charge in [0.25, 0.3) is 5.91 Å². The second-order valence-electron chi connectivity index (χ2n) is 5.48. The quantitative estimate of drug-likeness (QED) is 0.488. The number of amides is 5. The van der Waals surface area contributed by atoms with Gasteiger partial charge in [0.1, 0.15) is 11.7 Å². The molecule has 0 radical (unpaired) electrons. The summed E-state index contributed by atoms with van der Waals surface area (Å²) >= 11 is 0. The van der Waals surface area contributed by atoms with E-state index in [0.29, 0.717) is 0 Å². The first-order valence-electron chi connectivity index (χ1n) is 7.43. The molecule has 1 aromatic carbocycles. The van der Waals surface area contributed by atoms with Crippen molar-refractivity contribution in [3.8, 4) is 0 Å². The molecule has 0 bridgehead atoms. The molecular weight excluding hydrogens is 326 g/mol. The number of H-pyrrole nitrogens is 1. The first-order chi connectivity index (χ1) is 11.9. The maximum Gasteiger partial charge on any atom is 0.318 e. The van der Waals surface area contributed by atoms with Crippen molar-refractivity contribution < 1.29 is 19.2 Å². The van der Waals surface area contributed by atoms with E-state index >= 15 is 0 Å². The Kier molecular flexibility index (Phi) is 4.21. The number of nitrogens with two attached hydrogens (primary N) is 1. The van der Waals surface area contributed by atoms with E-state index in [9.17, 15) is 19.2 Å². The minimum Gasteiger partial charge on any atom is -0.361 e. The highest BCUT2D eigenvalue weighted by Gasteiger charge is 2.31. The van der Waals surface area contributed by atoms with Gasteiger partial charge < -0.3 is 21.4 Å². The van der Waals surface area contributed by atoms with E-state index in [1.807, 2.05) is 29.6 Å². The molecular formula is C16H15N5O4. The summed E-state index contributed by atoms with van der Waals surface area (Å²) in [6.45, 7) is 0. The molecule has 0 saturated carbocycles. The third-order valence-electron chi connectivity index (χ3n) is 3.70. The van der Waals surface area contributed by atoms with Crippen molar-refractivity contribution in [1.29, 1.82) is 0 Å². The van der Waals surface area contributed by atoms with Gasteiger partial charge in [-0.2, -0.15) is 0 Å². The molecule has 1 saturated heterocycles. The average molecular weight is 341 g/mol. The number of urea groups is 1. The average Bonchev–Trinajstić information content (AvgIpc) is 2.94. The first-order valence-corrected chi connectivity index (χ1v) is 7.43. The number of imide groups is 1. The van der Waals surface area contributed by atoms with Crippen LogP contribution in [0.25, 0.3) is 17.0 Å². The summed E-state index contributed by atoms with van der Waals surface area (Å²) in [5.74, 6) is -1.83. The minimum absolute atomic E-state index is 0.0707. The van der Waals surface area contributed by atoms with E-state index in [2.05, 4.69) is 15.6 Å². The third kappa shape index (κ3) is 3.50. The van der Waals surface area contributed by atoms with E-state index in [-0.39, 0.29) is 12.1 Å². The molecule has 1 atom stereocenters. The Morgan fingerprint density at radius 3 is 2.76 bits per heavy atom. The predicted molar refractivity (Wildman–Crippen MR) is 88.7 cm³/mol. The van der Waals surface area contributed by atoms with Crippen molar-refractivity contribution in [2.24, 2.45) is 5.73 Å². The van der Waals surface area contributed by atoms with Crippen LogP contribution < -0.4 is 21.7 Å². The van der Waals surface area contributed by atoms with E-state index in [4.69, 9.17) is 5.73 Å². The van der Waals surface area contributed by atoms with Gasteiger partial charge in [-0.3, -0.25) is 19.7 Å². The van der Waals surface area contributed by atoms with Crippen LogP contribution in [0.3, 0.4) is 0 Å². The molecule has 128 valence electrons. The Hall–Kier alpha value is -3.62. The van der Waals surface area contributed by atoms with Crippen molar-refractivity contribution in [3.05, 3.63) is 41.7 Å². The molecule has 25 heavy (non-hydrogen) atoms. The smallest absolute Gasteiger partial charge is 0.318 e. The lowest BCUT2D eigenvalue weighted by Crippen LogP contribution is -2.56. The van der Waals surface area contributed by atoms with Crippen LogP contribution in [0.4, 0.5) is 4.79 Å². The predicted octanol–water partition coefficient (Wildman–Crippen LogP) is -0.292. The van der Waals surface area contributed by atoms with Gasteiger partial charge in [0.15, 0.2) is 0 Å². The van der Waals surface area contributed by atoms with Gasteiger partial charge in [0.05, 0.1) is 6.42 Å². The van der Waals surface area contributed by atoms with Gasteiger partial charge in [-0.1, -0.05) is 18.2 Å². The third-order valence-corrected chi connectivity index (χ3v) is 3.70. The van der Waals surface area contributed by atoms with Crippen LogP contribution in [-0.2, 0) is 14.4 Å². The Labute approximate surface area is 141 Å². The molecule has 1 aliphatic heterocycles. The number of carbonyl (C=O) groups is 4. The molecule has 6 N–H and O–H groups in total. The van der Waals surface area contributed by atoms with Crippen molar-refractivity contribution in [2.45, 2.75) is 12.5 Å². The van der Waals surface area contributed by atoms with Gasteiger partial charge in [-0.05, 0) is 12.1 Å². The van der Waals surface area contributed by atoms with E-state index in [1.54, 1.807) is 12.3 Å². The minimum atomic E-state index is -1.08. The van der Waals surface area contributed by atoms with Crippen molar-refractivity contribution >= 4 is 40.7 Å². The number of aromatic amines is 1. The van der Waals surface area contributed by atoms with Crippen LogP contribution in [0.2, 0.25) is 0 Å². The molecule has 3 rings (SSSR count). The maximum atomic E-state index is 12.2. The van der Waals surface area contributed by atoms with Gasteiger partial charge in [-0.25, -0.2) is 4.79 Å². The number of hydrogen-bond acceptors (Lipinski definition) is 4. The van der Waals surface area contributed by atoms with Gasteiger partial charge in [0, 0.05) is 22.7 Å². The molecule has 5 amide bonds.